The Bertz CT molecular complexity index is 1170. The Morgan fingerprint density at radius 3 is 2.83 bits per heavy atom. The summed E-state index contributed by atoms with van der Waals surface area (Å²) >= 11 is 0. The summed E-state index contributed by atoms with van der Waals surface area (Å²) < 4.78 is 35.8. The quantitative estimate of drug-likeness (QED) is 0.749. The van der Waals surface area contributed by atoms with E-state index in [1.54, 1.807) is 30.0 Å². The molecular weight excluding hydrogens is 395 g/mol. The molecule has 152 valence electrons. The first-order valence-corrected chi connectivity index (χ1v) is 10.4. The van der Waals surface area contributed by atoms with E-state index < -0.39 is 21.8 Å². The Hall–Kier alpha value is -3.03. The van der Waals surface area contributed by atoms with Crippen LogP contribution in [0.4, 0.5) is 10.1 Å². The molecule has 1 aliphatic rings. The molecule has 8 nitrogen and oxygen atoms in total. The molecular formula is C19H21FN6O2S. The van der Waals surface area contributed by atoms with Crippen molar-refractivity contribution < 1.29 is 13.4 Å². The van der Waals surface area contributed by atoms with E-state index in [4.69, 9.17) is 5.26 Å². The Morgan fingerprint density at radius 2 is 2.21 bits per heavy atom. The maximum absolute atomic E-state index is 13.6. The number of rotatable bonds is 3. The predicted molar refractivity (Wildman–Crippen MR) is 108 cm³/mol. The normalized spacial score (nSPS) is 20.7. The van der Waals surface area contributed by atoms with Gasteiger partial charge in [0.05, 0.1) is 4.90 Å². The first-order chi connectivity index (χ1) is 13.7. The highest BCUT2D eigenvalue weighted by molar-refractivity contribution is 7.91. The number of halogens is 1. The number of carbonyl (C=O) groups is 1. The number of hydrogen-bond acceptors (Lipinski definition) is 5. The summed E-state index contributed by atoms with van der Waals surface area (Å²) in [4.78, 5) is 16.8. The van der Waals surface area contributed by atoms with Crippen LogP contribution in [-0.2, 0) is 17.0 Å². The number of anilines is 1. The van der Waals surface area contributed by atoms with Gasteiger partial charge in [-0.2, -0.15) is 9.65 Å². The number of hydrogen-bond donors (Lipinski definition) is 2. The Morgan fingerprint density at radius 1 is 1.48 bits per heavy atom. The Balaban J connectivity index is 2.08. The number of aryl methyl sites for hydroxylation is 1. The molecule has 2 N–H and O–H groups in total. The van der Waals surface area contributed by atoms with Gasteiger partial charge in [-0.15, -0.1) is 0 Å². The highest BCUT2D eigenvalue weighted by Crippen LogP contribution is 2.29. The molecule has 29 heavy (non-hydrogen) atoms. The third-order valence-corrected chi connectivity index (χ3v) is 6.63. The molecule has 2 aromatic rings. The van der Waals surface area contributed by atoms with Gasteiger partial charge in [0.2, 0.25) is 5.95 Å². The number of pyridine rings is 1. The van der Waals surface area contributed by atoms with Crippen LogP contribution in [0.1, 0.15) is 35.6 Å². The fourth-order valence-corrected chi connectivity index (χ4v) is 5.01. The fraction of sp³-hybridized carbons (Fsp3) is 0.316. The number of aromatic nitrogens is 2. The summed E-state index contributed by atoms with van der Waals surface area (Å²) in [6.07, 6.45) is 5.22. The number of carbonyl (C=O) groups excluding carboxylic acids is 1. The Kier molecular flexibility index (Phi) is 5.55. The van der Waals surface area contributed by atoms with Crippen molar-refractivity contribution in [2.24, 2.45) is 17.3 Å². The zero-order valence-corrected chi connectivity index (χ0v) is 17.2. The van der Waals surface area contributed by atoms with Gasteiger partial charge in [-0.05, 0) is 12.0 Å². The molecule has 2 unspecified atom stereocenters. The summed E-state index contributed by atoms with van der Waals surface area (Å²) in [5.41, 5.74) is 0.675. The standard InChI is InChI=1S/C19H21FN6O2S/c1-11(2)15-6-5-14-16(29(28,22-3)25-15)10-26(4)18(14)19(27)24-12-7-13(9-21)23-17(20)8-12/h5-8,10-11,15H,1-4H3,(H,22,25,28)(H,23,24,27). The van der Waals surface area contributed by atoms with Crippen molar-refractivity contribution in [1.82, 2.24) is 14.3 Å². The molecule has 3 heterocycles. The molecule has 3 rings (SSSR count). The lowest BCUT2D eigenvalue weighted by Crippen LogP contribution is -2.36. The van der Waals surface area contributed by atoms with Crippen LogP contribution in [-0.4, -0.2) is 32.8 Å². The van der Waals surface area contributed by atoms with E-state index in [1.807, 2.05) is 19.9 Å². The molecule has 0 radical (unpaired) electrons. The van der Waals surface area contributed by atoms with Crippen molar-refractivity contribution >= 4 is 27.6 Å². The SMILES string of the molecule is CN=S1(=O)NC(C(C)C)C=Cc2c1cn(C)c2C(=O)Nc1cc(F)nc(C#N)c1. The van der Waals surface area contributed by atoms with Gasteiger partial charge in [-0.3, -0.25) is 4.79 Å². The van der Waals surface area contributed by atoms with Gasteiger partial charge in [0, 0.05) is 43.7 Å². The van der Waals surface area contributed by atoms with E-state index >= 15 is 0 Å². The second-order valence-electron chi connectivity index (χ2n) is 6.95. The molecule has 0 bridgehead atoms. The lowest BCUT2D eigenvalue weighted by Gasteiger charge is -2.19. The zero-order valence-electron chi connectivity index (χ0n) is 16.4. The number of nitrogens with one attached hydrogen (secondary N) is 2. The van der Waals surface area contributed by atoms with Crippen LogP contribution in [0.5, 0.6) is 0 Å². The minimum absolute atomic E-state index is 0.102. The monoisotopic (exact) mass is 416 g/mol. The maximum atomic E-state index is 13.6. The van der Waals surface area contributed by atoms with Crippen molar-refractivity contribution in [2.75, 3.05) is 12.4 Å². The van der Waals surface area contributed by atoms with Crippen molar-refractivity contribution in [3.8, 4) is 6.07 Å². The fourth-order valence-electron chi connectivity index (χ4n) is 3.09. The van der Waals surface area contributed by atoms with Crippen LogP contribution in [0.25, 0.3) is 6.08 Å². The molecule has 0 aliphatic carbocycles. The lowest BCUT2D eigenvalue weighted by atomic mass is 10.0. The van der Waals surface area contributed by atoms with Crippen molar-refractivity contribution in [3.63, 3.8) is 0 Å². The molecule has 0 aromatic carbocycles. The first kappa shape index (κ1) is 20.7. The summed E-state index contributed by atoms with van der Waals surface area (Å²) in [6.45, 7) is 3.98. The van der Waals surface area contributed by atoms with Gasteiger partial charge in [0.15, 0.2) is 0 Å². The lowest BCUT2D eigenvalue weighted by molar-refractivity contribution is 0.101. The van der Waals surface area contributed by atoms with E-state index in [9.17, 15) is 13.4 Å². The van der Waals surface area contributed by atoms with Crippen molar-refractivity contribution in [1.29, 1.82) is 5.26 Å². The molecule has 10 heteroatoms. The number of nitrogens with zero attached hydrogens (tertiary/aromatic N) is 4. The van der Waals surface area contributed by atoms with Gasteiger partial charge in [-0.25, -0.2) is 18.3 Å². The maximum Gasteiger partial charge on any atom is 0.272 e. The van der Waals surface area contributed by atoms with Crippen LogP contribution < -0.4 is 10.0 Å². The summed E-state index contributed by atoms with van der Waals surface area (Å²) in [5.74, 6) is -1.25. The molecule has 1 aliphatic heterocycles. The van der Waals surface area contributed by atoms with Crippen molar-refractivity contribution in [2.45, 2.75) is 24.8 Å². The first-order valence-electron chi connectivity index (χ1n) is 8.87. The van der Waals surface area contributed by atoms with E-state index in [-0.39, 0.29) is 29.0 Å². The highest BCUT2D eigenvalue weighted by Gasteiger charge is 2.30. The number of amides is 1. The van der Waals surface area contributed by atoms with E-state index in [1.165, 1.54) is 13.1 Å². The molecule has 0 saturated heterocycles. The van der Waals surface area contributed by atoms with Gasteiger partial charge >= 0.3 is 0 Å². The van der Waals surface area contributed by atoms with E-state index in [0.717, 1.165) is 6.07 Å². The summed E-state index contributed by atoms with van der Waals surface area (Å²) in [5, 5.41) is 11.5. The zero-order chi connectivity index (χ0) is 21.3. The molecule has 0 saturated carbocycles. The van der Waals surface area contributed by atoms with Crippen LogP contribution in [0.2, 0.25) is 0 Å². The average molecular weight is 416 g/mol. The smallest absolute Gasteiger partial charge is 0.272 e. The molecule has 1 amide bonds. The summed E-state index contributed by atoms with van der Waals surface area (Å²) in [7, 11) is 0.178. The van der Waals surface area contributed by atoms with Gasteiger partial charge < -0.3 is 9.88 Å². The number of nitriles is 1. The van der Waals surface area contributed by atoms with Crippen LogP contribution in [0.3, 0.4) is 0 Å². The average Bonchev–Trinajstić information content (AvgIpc) is 2.93. The van der Waals surface area contributed by atoms with E-state index in [0.29, 0.717) is 10.5 Å². The molecule has 2 aromatic heterocycles. The predicted octanol–water partition coefficient (Wildman–Crippen LogP) is 2.70. The highest BCUT2D eigenvalue weighted by atomic mass is 32.2. The van der Waals surface area contributed by atoms with Gasteiger partial charge in [0.25, 0.3) is 5.91 Å². The number of fused-ring (bicyclic) bond motifs is 1. The third-order valence-electron chi connectivity index (χ3n) is 4.61. The minimum Gasteiger partial charge on any atom is -0.345 e. The van der Waals surface area contributed by atoms with E-state index in [2.05, 4.69) is 19.4 Å². The van der Waals surface area contributed by atoms with Gasteiger partial charge in [-0.1, -0.05) is 26.0 Å². The van der Waals surface area contributed by atoms with Crippen LogP contribution in [0.15, 0.2) is 33.7 Å². The largest absolute Gasteiger partial charge is 0.345 e. The van der Waals surface area contributed by atoms with Crippen LogP contribution in [0, 0.1) is 23.2 Å². The summed E-state index contributed by atoms with van der Waals surface area (Å²) in [6, 6.07) is 3.86. The van der Waals surface area contributed by atoms with Crippen LogP contribution >= 0.6 is 0 Å². The second kappa shape index (κ2) is 7.77. The second-order valence-corrected chi connectivity index (χ2v) is 9.04. The third kappa shape index (κ3) is 3.92. The van der Waals surface area contributed by atoms with Crippen molar-refractivity contribution in [3.05, 3.63) is 47.3 Å². The molecule has 0 fully saturated rings. The minimum atomic E-state index is -2.94. The topological polar surface area (TPSA) is 112 Å². The Labute approximate surface area is 168 Å². The van der Waals surface area contributed by atoms with Gasteiger partial charge in [0.1, 0.15) is 27.4 Å². The molecule has 2 atom stereocenters. The molecule has 0 spiro atoms.